The van der Waals surface area contributed by atoms with E-state index in [0.717, 1.165) is 19.3 Å². The summed E-state index contributed by atoms with van der Waals surface area (Å²) in [5.41, 5.74) is 1.12. The topological polar surface area (TPSA) is 96.2 Å². The summed E-state index contributed by atoms with van der Waals surface area (Å²) in [5, 5.41) is 14.2. The summed E-state index contributed by atoms with van der Waals surface area (Å²) in [6.07, 6.45) is 7.41. The molecule has 8 nitrogen and oxygen atoms in total. The first-order valence-corrected chi connectivity index (χ1v) is 11.9. The lowest BCUT2D eigenvalue weighted by Crippen LogP contribution is -2.72. The molecule has 2 aromatic heterocycles. The van der Waals surface area contributed by atoms with Crippen LogP contribution in [0.4, 0.5) is 10.2 Å². The number of piperidine rings is 2. The van der Waals surface area contributed by atoms with Crippen molar-refractivity contribution in [2.75, 3.05) is 11.9 Å². The van der Waals surface area contributed by atoms with Gasteiger partial charge in [0.2, 0.25) is 0 Å². The number of alkyl halides is 1. The van der Waals surface area contributed by atoms with E-state index in [-0.39, 0.29) is 23.0 Å². The fourth-order valence-corrected chi connectivity index (χ4v) is 5.69. The summed E-state index contributed by atoms with van der Waals surface area (Å²) in [5.74, 6) is 0.602. The summed E-state index contributed by atoms with van der Waals surface area (Å²) in [6, 6.07) is 6.48. The number of hydrogen-bond donors (Lipinski definition) is 2. The van der Waals surface area contributed by atoms with Gasteiger partial charge in [-0.1, -0.05) is 6.07 Å². The van der Waals surface area contributed by atoms with Crippen molar-refractivity contribution in [3.8, 4) is 28.3 Å². The Morgan fingerprint density at radius 1 is 1.17 bits per heavy atom. The third-order valence-corrected chi connectivity index (χ3v) is 7.66. The van der Waals surface area contributed by atoms with E-state index in [2.05, 4.69) is 27.2 Å². The van der Waals surface area contributed by atoms with Crippen molar-refractivity contribution in [1.82, 2.24) is 24.8 Å². The molecule has 4 heterocycles. The molecule has 2 N–H and O–H groups in total. The molecule has 3 aromatic rings. The molecule has 0 spiro atoms. The van der Waals surface area contributed by atoms with Crippen LogP contribution < -0.4 is 15.9 Å². The Hall–Kier alpha value is -3.33. The van der Waals surface area contributed by atoms with Crippen LogP contribution in [0, 0.1) is 0 Å². The summed E-state index contributed by atoms with van der Waals surface area (Å²) in [4.78, 5) is 26.8. The summed E-state index contributed by atoms with van der Waals surface area (Å²) < 4.78 is 17.0. The second-order valence-electron chi connectivity index (χ2n) is 10.4. The van der Waals surface area contributed by atoms with E-state index in [4.69, 9.17) is 0 Å². The number of phenols is 1. The van der Waals surface area contributed by atoms with Crippen LogP contribution in [0.3, 0.4) is 0 Å². The zero-order valence-electron chi connectivity index (χ0n) is 20.5. The number of halogens is 1. The van der Waals surface area contributed by atoms with E-state index in [9.17, 15) is 9.90 Å². The van der Waals surface area contributed by atoms with Crippen LogP contribution >= 0.6 is 0 Å². The molecule has 0 amide bonds. The summed E-state index contributed by atoms with van der Waals surface area (Å²) in [7, 11) is 3.50. The molecule has 9 heteroatoms. The van der Waals surface area contributed by atoms with Crippen LogP contribution in [-0.4, -0.2) is 55.0 Å². The maximum Gasteiger partial charge on any atom is 0.347 e. The van der Waals surface area contributed by atoms with Crippen molar-refractivity contribution in [2.24, 2.45) is 7.05 Å². The number of aryl methyl sites for hydroxylation is 1. The lowest BCUT2D eigenvalue weighted by atomic mass is 9.68. The fourth-order valence-electron chi connectivity index (χ4n) is 5.69. The average molecular weight is 479 g/mol. The fraction of sp³-hybridized carbons (Fsp3) is 0.462. The van der Waals surface area contributed by atoms with Crippen molar-refractivity contribution in [3.63, 3.8) is 0 Å². The van der Waals surface area contributed by atoms with Gasteiger partial charge in [-0.05, 0) is 57.7 Å². The van der Waals surface area contributed by atoms with Gasteiger partial charge in [0.15, 0.2) is 0 Å². The molecule has 0 radical (unpaired) electrons. The molecular formula is C26H31FN6O2. The number of nitrogens with one attached hydrogen (secondary N) is 1. The summed E-state index contributed by atoms with van der Waals surface area (Å²) >= 11 is 0. The second kappa shape index (κ2) is 8.41. The molecule has 5 rings (SSSR count). The van der Waals surface area contributed by atoms with Crippen molar-refractivity contribution in [2.45, 2.75) is 62.8 Å². The Morgan fingerprint density at radius 2 is 1.97 bits per heavy atom. The molecule has 184 valence electrons. The number of rotatable bonds is 4. The zero-order valence-corrected chi connectivity index (χ0v) is 20.5. The minimum Gasteiger partial charge on any atom is -0.507 e. The lowest BCUT2D eigenvalue weighted by Gasteiger charge is -2.56. The molecule has 4 atom stereocenters. The Balaban J connectivity index is 1.38. The number of nitrogens with zero attached hydrogens (tertiary/aromatic N) is 5. The number of anilines is 1. The highest BCUT2D eigenvalue weighted by Gasteiger charge is 2.53. The molecule has 0 aliphatic carbocycles. The van der Waals surface area contributed by atoms with Crippen LogP contribution in [0.1, 0.15) is 39.5 Å². The van der Waals surface area contributed by atoms with E-state index < -0.39 is 11.7 Å². The first-order valence-electron chi connectivity index (χ1n) is 11.9. The standard InChI is InChI=1S/C26H31FN6O2/c1-25-9-5-10-26(2,31-25)23(27)20(13-25)33(4)22-15-28-19(14-29-22)17-7-6-16(12-21(17)34)18-8-11-32(3)24(35)30-18/h6-8,11-12,14-15,20,23,31,34H,5,9-10,13H2,1-4H3/t20-,23-,25-,26+/m1/s1. The molecule has 1 aromatic carbocycles. The van der Waals surface area contributed by atoms with Gasteiger partial charge in [-0.25, -0.2) is 14.2 Å². The smallest absolute Gasteiger partial charge is 0.347 e. The molecular weight excluding hydrogens is 447 g/mol. The molecule has 2 aliphatic heterocycles. The molecule has 0 unspecified atom stereocenters. The van der Waals surface area contributed by atoms with Gasteiger partial charge in [0.1, 0.15) is 17.7 Å². The quantitative estimate of drug-likeness (QED) is 0.593. The predicted octanol–water partition coefficient (Wildman–Crippen LogP) is 3.45. The highest BCUT2D eigenvalue weighted by atomic mass is 19.1. The number of aromatic hydroxyl groups is 1. The minimum atomic E-state index is -1.03. The van der Waals surface area contributed by atoms with Gasteiger partial charge in [-0.3, -0.25) is 4.98 Å². The number of hydrogen-bond acceptors (Lipinski definition) is 7. The van der Waals surface area contributed by atoms with Crippen LogP contribution in [0.25, 0.3) is 22.5 Å². The number of phenolic OH excluding ortho intramolecular Hbond substituents is 1. The van der Waals surface area contributed by atoms with Gasteiger partial charge >= 0.3 is 5.69 Å². The summed E-state index contributed by atoms with van der Waals surface area (Å²) in [6.45, 7) is 4.17. The van der Waals surface area contributed by atoms with Gasteiger partial charge in [0.25, 0.3) is 0 Å². The van der Waals surface area contributed by atoms with Crippen molar-refractivity contribution >= 4 is 5.82 Å². The Labute approximate surface area is 203 Å². The highest BCUT2D eigenvalue weighted by Crippen LogP contribution is 2.43. The van der Waals surface area contributed by atoms with E-state index in [0.29, 0.717) is 34.8 Å². The van der Waals surface area contributed by atoms with Crippen LogP contribution in [0.15, 0.2) is 47.7 Å². The first-order chi connectivity index (χ1) is 16.6. The Kier molecular flexibility index (Phi) is 5.62. The normalized spacial score (nSPS) is 28.0. The Morgan fingerprint density at radius 3 is 2.66 bits per heavy atom. The molecule has 0 saturated carbocycles. The SMILES string of the molecule is CN(c1cnc(-c2ccc(-c3ccn(C)c(=O)n3)cc2O)cn1)[C@@H]1C[C@@]2(C)CCC[C@](C)(N2)[C@@H]1F. The van der Waals surface area contributed by atoms with Gasteiger partial charge in [-0.15, -0.1) is 0 Å². The molecule has 2 saturated heterocycles. The van der Waals surface area contributed by atoms with Gasteiger partial charge in [0, 0.05) is 42.5 Å². The van der Waals surface area contributed by atoms with Gasteiger partial charge in [0.05, 0.1) is 29.8 Å². The lowest BCUT2D eigenvalue weighted by molar-refractivity contribution is 0.00197. The molecule has 2 bridgehead atoms. The van der Waals surface area contributed by atoms with Crippen molar-refractivity contribution in [3.05, 3.63) is 53.3 Å². The predicted molar refractivity (Wildman–Crippen MR) is 133 cm³/mol. The van der Waals surface area contributed by atoms with Gasteiger partial charge < -0.3 is 19.9 Å². The van der Waals surface area contributed by atoms with Crippen molar-refractivity contribution < 1.29 is 9.50 Å². The second-order valence-corrected chi connectivity index (χ2v) is 10.4. The van der Waals surface area contributed by atoms with Crippen LogP contribution in [-0.2, 0) is 7.05 Å². The molecule has 2 fully saturated rings. The monoisotopic (exact) mass is 478 g/mol. The average Bonchev–Trinajstić information content (AvgIpc) is 2.83. The molecule has 35 heavy (non-hydrogen) atoms. The van der Waals surface area contributed by atoms with Crippen molar-refractivity contribution in [1.29, 1.82) is 0 Å². The van der Waals surface area contributed by atoms with E-state index in [1.807, 2.05) is 18.9 Å². The Bertz CT molecular complexity index is 1310. The van der Waals surface area contributed by atoms with E-state index in [1.54, 1.807) is 49.9 Å². The number of aromatic nitrogens is 4. The minimum absolute atomic E-state index is 0.0104. The first kappa shape index (κ1) is 23.4. The van der Waals surface area contributed by atoms with E-state index >= 15 is 4.39 Å². The third kappa shape index (κ3) is 4.18. The van der Waals surface area contributed by atoms with Gasteiger partial charge in [-0.2, -0.15) is 4.98 Å². The van der Waals surface area contributed by atoms with Crippen LogP contribution in [0.2, 0.25) is 0 Å². The maximum atomic E-state index is 15.6. The highest BCUT2D eigenvalue weighted by molar-refractivity contribution is 5.72. The number of benzene rings is 1. The van der Waals surface area contributed by atoms with Crippen LogP contribution in [0.5, 0.6) is 5.75 Å². The largest absolute Gasteiger partial charge is 0.507 e. The molecule has 2 aliphatic rings. The third-order valence-electron chi connectivity index (χ3n) is 7.66. The zero-order chi connectivity index (χ0) is 25.0. The maximum absolute atomic E-state index is 15.6. The van der Waals surface area contributed by atoms with E-state index in [1.165, 1.54) is 4.57 Å². The number of fused-ring (bicyclic) bond motifs is 2.